The fraction of sp³-hybridized carbons (Fsp3) is 0.385. The molecule has 1 N–H and O–H groups in total. The molecular formula is C13H13BrFNO3. The van der Waals surface area contributed by atoms with Gasteiger partial charge in [-0.1, -0.05) is 22.9 Å². The average molecular weight is 330 g/mol. The third-order valence-electron chi connectivity index (χ3n) is 3.33. The minimum atomic E-state index is -0.900. The molecule has 2 atom stereocenters. The second kappa shape index (κ2) is 5.28. The van der Waals surface area contributed by atoms with Crippen LogP contribution in [0.25, 0.3) is 0 Å². The molecule has 4 nitrogen and oxygen atoms in total. The van der Waals surface area contributed by atoms with Crippen LogP contribution < -0.4 is 0 Å². The van der Waals surface area contributed by atoms with Crippen molar-refractivity contribution in [3.63, 3.8) is 0 Å². The Bertz CT molecular complexity index is 514. The third kappa shape index (κ3) is 2.94. The number of carbonyl (C=O) groups excluding carboxylic acids is 1. The number of likely N-dealkylation sites (tertiary alicyclic amines) is 1. The van der Waals surface area contributed by atoms with Crippen LogP contribution in [0.1, 0.15) is 17.3 Å². The second-order valence-electron chi connectivity index (χ2n) is 4.79. The minimum Gasteiger partial charge on any atom is -0.481 e. The normalized spacial score (nSPS) is 22.6. The second-order valence-corrected chi connectivity index (χ2v) is 5.71. The standard InChI is InChI=1S/C13H13BrFNO3/c1-7-5-16(6-11(7)13(18)19)12(17)8-2-9(14)4-10(15)3-8/h2-4,7,11H,5-6H2,1H3,(H,18,19). The summed E-state index contributed by atoms with van der Waals surface area (Å²) in [5, 5.41) is 9.04. The minimum absolute atomic E-state index is 0.0987. The van der Waals surface area contributed by atoms with E-state index in [1.54, 1.807) is 6.92 Å². The van der Waals surface area contributed by atoms with E-state index in [2.05, 4.69) is 15.9 Å². The Morgan fingerprint density at radius 3 is 2.58 bits per heavy atom. The molecule has 1 aromatic carbocycles. The number of aliphatic carboxylic acids is 1. The van der Waals surface area contributed by atoms with Gasteiger partial charge in [0.25, 0.3) is 5.91 Å². The molecule has 1 aliphatic rings. The predicted molar refractivity (Wildman–Crippen MR) is 70.3 cm³/mol. The highest BCUT2D eigenvalue weighted by Gasteiger charge is 2.37. The summed E-state index contributed by atoms with van der Waals surface area (Å²) in [5.41, 5.74) is 0.227. The summed E-state index contributed by atoms with van der Waals surface area (Å²) in [4.78, 5) is 24.7. The molecule has 0 saturated carbocycles. The maximum atomic E-state index is 13.3. The van der Waals surface area contributed by atoms with Crippen molar-refractivity contribution in [2.75, 3.05) is 13.1 Å². The fourth-order valence-corrected chi connectivity index (χ4v) is 2.78. The van der Waals surface area contributed by atoms with Crippen molar-refractivity contribution in [2.24, 2.45) is 11.8 Å². The van der Waals surface area contributed by atoms with Gasteiger partial charge in [-0.3, -0.25) is 9.59 Å². The van der Waals surface area contributed by atoms with Crippen LogP contribution in [-0.2, 0) is 4.79 Å². The Morgan fingerprint density at radius 2 is 2.05 bits per heavy atom. The summed E-state index contributed by atoms with van der Waals surface area (Å²) in [5.74, 6) is -2.39. The Labute approximate surface area is 118 Å². The molecule has 1 heterocycles. The van der Waals surface area contributed by atoms with Crippen molar-refractivity contribution in [3.05, 3.63) is 34.1 Å². The zero-order valence-electron chi connectivity index (χ0n) is 10.3. The number of carbonyl (C=O) groups is 2. The van der Waals surface area contributed by atoms with Gasteiger partial charge in [0.15, 0.2) is 0 Å². The quantitative estimate of drug-likeness (QED) is 0.906. The van der Waals surface area contributed by atoms with E-state index in [0.29, 0.717) is 11.0 Å². The van der Waals surface area contributed by atoms with Gasteiger partial charge >= 0.3 is 5.97 Å². The van der Waals surface area contributed by atoms with Gasteiger partial charge in [-0.25, -0.2) is 4.39 Å². The number of halogens is 2. The summed E-state index contributed by atoms with van der Waals surface area (Å²) in [6.07, 6.45) is 0. The lowest BCUT2D eigenvalue weighted by Gasteiger charge is -2.16. The van der Waals surface area contributed by atoms with Crippen LogP contribution in [0.15, 0.2) is 22.7 Å². The van der Waals surface area contributed by atoms with Gasteiger partial charge < -0.3 is 10.0 Å². The fourth-order valence-electron chi connectivity index (χ4n) is 2.31. The molecule has 1 aliphatic heterocycles. The van der Waals surface area contributed by atoms with Crippen LogP contribution in [0.5, 0.6) is 0 Å². The Morgan fingerprint density at radius 1 is 1.37 bits per heavy atom. The molecule has 6 heteroatoms. The van der Waals surface area contributed by atoms with E-state index in [4.69, 9.17) is 5.11 Å². The Kier molecular flexibility index (Phi) is 3.89. The first kappa shape index (κ1) is 14.0. The summed E-state index contributed by atoms with van der Waals surface area (Å²) in [7, 11) is 0. The Balaban J connectivity index is 2.19. The van der Waals surface area contributed by atoms with E-state index in [1.807, 2.05) is 0 Å². The van der Waals surface area contributed by atoms with Crippen molar-refractivity contribution in [1.82, 2.24) is 4.90 Å². The summed E-state index contributed by atoms with van der Waals surface area (Å²) < 4.78 is 13.7. The van der Waals surface area contributed by atoms with Gasteiger partial charge in [-0.15, -0.1) is 0 Å². The lowest BCUT2D eigenvalue weighted by Crippen LogP contribution is -2.30. The molecular weight excluding hydrogens is 317 g/mol. The van der Waals surface area contributed by atoms with Crippen LogP contribution in [-0.4, -0.2) is 35.0 Å². The topological polar surface area (TPSA) is 57.6 Å². The highest BCUT2D eigenvalue weighted by Crippen LogP contribution is 2.25. The molecule has 1 aromatic rings. The van der Waals surface area contributed by atoms with E-state index in [9.17, 15) is 14.0 Å². The number of benzene rings is 1. The largest absolute Gasteiger partial charge is 0.481 e. The predicted octanol–water partition coefficient (Wildman–Crippen LogP) is 2.38. The summed E-state index contributed by atoms with van der Waals surface area (Å²) in [6, 6.07) is 3.96. The lowest BCUT2D eigenvalue weighted by molar-refractivity contribution is -0.142. The van der Waals surface area contributed by atoms with Crippen LogP contribution in [0.4, 0.5) is 4.39 Å². The molecule has 0 bridgehead atoms. The highest BCUT2D eigenvalue weighted by atomic mass is 79.9. The van der Waals surface area contributed by atoms with Crippen molar-refractivity contribution in [2.45, 2.75) is 6.92 Å². The maximum absolute atomic E-state index is 13.3. The van der Waals surface area contributed by atoms with Crippen molar-refractivity contribution < 1.29 is 19.1 Å². The van der Waals surface area contributed by atoms with Crippen LogP contribution in [0.2, 0.25) is 0 Å². The van der Waals surface area contributed by atoms with Crippen LogP contribution in [0.3, 0.4) is 0 Å². The van der Waals surface area contributed by atoms with Gasteiger partial charge in [-0.2, -0.15) is 0 Å². The SMILES string of the molecule is CC1CN(C(=O)c2cc(F)cc(Br)c2)CC1C(=O)O. The first-order chi connectivity index (χ1) is 8.88. The average Bonchev–Trinajstić information content (AvgIpc) is 2.69. The van der Waals surface area contributed by atoms with Crippen molar-refractivity contribution in [1.29, 1.82) is 0 Å². The molecule has 0 aliphatic carbocycles. The molecule has 0 radical (unpaired) electrons. The first-order valence-corrected chi connectivity index (χ1v) is 6.66. The lowest BCUT2D eigenvalue weighted by atomic mass is 9.99. The van der Waals surface area contributed by atoms with E-state index < -0.39 is 17.7 Å². The number of carboxylic acid groups (broad SMARTS) is 1. The molecule has 1 fully saturated rings. The molecule has 1 amide bonds. The molecule has 0 aromatic heterocycles. The number of hydrogen-bond donors (Lipinski definition) is 1. The third-order valence-corrected chi connectivity index (χ3v) is 3.78. The van der Waals surface area contributed by atoms with Gasteiger partial charge in [0.2, 0.25) is 0 Å². The molecule has 102 valence electrons. The van der Waals surface area contributed by atoms with Crippen LogP contribution >= 0.6 is 15.9 Å². The molecule has 2 unspecified atom stereocenters. The molecule has 2 rings (SSSR count). The highest BCUT2D eigenvalue weighted by molar-refractivity contribution is 9.10. The van der Waals surface area contributed by atoms with Crippen LogP contribution in [0, 0.1) is 17.7 Å². The van der Waals surface area contributed by atoms with Crippen molar-refractivity contribution >= 4 is 27.8 Å². The van der Waals surface area contributed by atoms with E-state index in [1.165, 1.54) is 17.0 Å². The zero-order chi connectivity index (χ0) is 14.2. The van der Waals surface area contributed by atoms with Crippen molar-refractivity contribution in [3.8, 4) is 0 Å². The van der Waals surface area contributed by atoms with E-state index >= 15 is 0 Å². The summed E-state index contributed by atoms with van der Waals surface area (Å²) in [6.45, 7) is 2.35. The number of amides is 1. The number of carboxylic acids is 1. The van der Waals surface area contributed by atoms with Gasteiger partial charge in [-0.05, 0) is 24.1 Å². The molecule has 1 saturated heterocycles. The van der Waals surface area contributed by atoms with Gasteiger partial charge in [0.05, 0.1) is 5.92 Å². The number of rotatable bonds is 2. The maximum Gasteiger partial charge on any atom is 0.308 e. The van der Waals surface area contributed by atoms with E-state index in [0.717, 1.165) is 6.07 Å². The molecule has 19 heavy (non-hydrogen) atoms. The first-order valence-electron chi connectivity index (χ1n) is 5.86. The van der Waals surface area contributed by atoms with Gasteiger partial charge in [0, 0.05) is 23.1 Å². The summed E-state index contributed by atoms with van der Waals surface area (Å²) >= 11 is 3.13. The van der Waals surface area contributed by atoms with E-state index in [-0.39, 0.29) is 23.9 Å². The van der Waals surface area contributed by atoms with Gasteiger partial charge in [0.1, 0.15) is 5.82 Å². The molecule has 0 spiro atoms. The Hall–Kier alpha value is -1.43. The smallest absolute Gasteiger partial charge is 0.308 e. The monoisotopic (exact) mass is 329 g/mol. The number of nitrogens with zero attached hydrogens (tertiary/aromatic N) is 1. The number of hydrogen-bond acceptors (Lipinski definition) is 2. The zero-order valence-corrected chi connectivity index (χ0v) is 11.9.